The van der Waals surface area contributed by atoms with Gasteiger partial charge in [0.05, 0.1) is 12.1 Å². The van der Waals surface area contributed by atoms with Crippen LogP contribution in [-0.2, 0) is 9.53 Å². The smallest absolute Gasteiger partial charge is 0.407 e. The second kappa shape index (κ2) is 10.6. The molecular formula is C19H38N2O4. The number of alkyl carbamates (subject to hydrolysis) is 1. The first-order valence-electron chi connectivity index (χ1n) is 9.27. The Bertz CT molecular complexity index is 416. The van der Waals surface area contributed by atoms with Crippen molar-refractivity contribution in [3.05, 3.63) is 0 Å². The van der Waals surface area contributed by atoms with Gasteiger partial charge >= 0.3 is 6.09 Å². The van der Waals surface area contributed by atoms with Gasteiger partial charge in [-0.05, 0) is 45.4 Å². The molecule has 0 saturated heterocycles. The molecule has 2 amide bonds. The van der Waals surface area contributed by atoms with E-state index in [0.717, 1.165) is 0 Å². The quantitative estimate of drug-likeness (QED) is 0.591. The number of hydrogen-bond acceptors (Lipinski definition) is 4. The number of hydrogen-bond donors (Lipinski definition) is 3. The summed E-state index contributed by atoms with van der Waals surface area (Å²) < 4.78 is 5.28. The highest BCUT2D eigenvalue weighted by molar-refractivity contribution is 5.78. The minimum atomic E-state index is -0.810. The number of nitrogens with one attached hydrogen (secondary N) is 2. The fraction of sp³-hybridized carbons (Fsp3) is 0.895. The molecule has 0 rings (SSSR count). The molecule has 6 nitrogen and oxygen atoms in total. The molecular weight excluding hydrogens is 320 g/mol. The van der Waals surface area contributed by atoms with Crippen LogP contribution in [-0.4, -0.2) is 41.4 Å². The lowest BCUT2D eigenvalue weighted by atomic mass is 9.92. The summed E-state index contributed by atoms with van der Waals surface area (Å²) in [6.07, 6.45) is -0.457. The van der Waals surface area contributed by atoms with Crippen LogP contribution in [0.1, 0.15) is 68.2 Å². The Morgan fingerprint density at radius 1 is 1.00 bits per heavy atom. The molecule has 0 spiro atoms. The molecule has 3 N–H and O–H groups in total. The highest BCUT2D eigenvalue weighted by Gasteiger charge is 2.28. The van der Waals surface area contributed by atoms with E-state index in [1.807, 2.05) is 27.7 Å². The van der Waals surface area contributed by atoms with Gasteiger partial charge in [-0.2, -0.15) is 0 Å². The van der Waals surface area contributed by atoms with Crippen LogP contribution in [0, 0.1) is 17.8 Å². The highest BCUT2D eigenvalue weighted by Crippen LogP contribution is 2.16. The van der Waals surface area contributed by atoms with Crippen molar-refractivity contribution in [2.24, 2.45) is 17.8 Å². The van der Waals surface area contributed by atoms with Crippen molar-refractivity contribution in [1.29, 1.82) is 0 Å². The highest BCUT2D eigenvalue weighted by atomic mass is 16.6. The third-order valence-corrected chi connectivity index (χ3v) is 3.62. The number of carbonyl (C=O) groups is 2. The molecule has 0 aromatic carbocycles. The fourth-order valence-electron chi connectivity index (χ4n) is 2.39. The number of rotatable bonds is 9. The van der Waals surface area contributed by atoms with E-state index in [9.17, 15) is 14.7 Å². The van der Waals surface area contributed by atoms with E-state index in [0.29, 0.717) is 24.8 Å². The average molecular weight is 359 g/mol. The number of aliphatic hydroxyl groups excluding tert-OH is 1. The summed E-state index contributed by atoms with van der Waals surface area (Å²) in [4.78, 5) is 24.1. The van der Waals surface area contributed by atoms with Crippen molar-refractivity contribution in [2.45, 2.75) is 86.0 Å². The Balaban J connectivity index is 4.74. The number of aliphatic hydroxyl groups is 1. The van der Waals surface area contributed by atoms with E-state index >= 15 is 0 Å². The SMILES string of the molecule is CC(C)CNC(=O)[C@H](C)C[C@H](O)[C@H](CC(C)C)NC(=O)OC(C)(C)C. The molecule has 25 heavy (non-hydrogen) atoms. The van der Waals surface area contributed by atoms with Crippen molar-refractivity contribution >= 4 is 12.0 Å². The van der Waals surface area contributed by atoms with E-state index < -0.39 is 23.8 Å². The van der Waals surface area contributed by atoms with Crippen LogP contribution in [0.25, 0.3) is 0 Å². The zero-order valence-electron chi connectivity index (χ0n) is 17.2. The zero-order valence-corrected chi connectivity index (χ0v) is 17.2. The van der Waals surface area contributed by atoms with Crippen LogP contribution in [0.5, 0.6) is 0 Å². The summed E-state index contributed by atoms with van der Waals surface area (Å²) in [5.41, 5.74) is -0.596. The van der Waals surface area contributed by atoms with E-state index in [2.05, 4.69) is 10.6 Å². The molecule has 6 heteroatoms. The van der Waals surface area contributed by atoms with E-state index in [1.54, 1.807) is 27.7 Å². The molecule has 0 saturated carbocycles. The van der Waals surface area contributed by atoms with Gasteiger partial charge in [-0.3, -0.25) is 4.79 Å². The van der Waals surface area contributed by atoms with E-state index in [-0.39, 0.29) is 18.2 Å². The monoisotopic (exact) mass is 358 g/mol. The average Bonchev–Trinajstić information content (AvgIpc) is 2.41. The lowest BCUT2D eigenvalue weighted by Gasteiger charge is -2.29. The van der Waals surface area contributed by atoms with Crippen LogP contribution in [0.3, 0.4) is 0 Å². The summed E-state index contributed by atoms with van der Waals surface area (Å²) in [5.74, 6) is 0.264. The standard InChI is InChI=1S/C19H38N2O4/c1-12(2)9-15(21-18(24)25-19(6,7)8)16(22)10-14(5)17(23)20-11-13(3)4/h12-16,22H,9-11H2,1-8H3,(H,20,23)(H,21,24)/t14-,15+,16+/m1/s1. The summed E-state index contributed by atoms with van der Waals surface area (Å²) in [6, 6.07) is -0.449. The predicted molar refractivity (Wildman–Crippen MR) is 100 cm³/mol. The fourth-order valence-corrected chi connectivity index (χ4v) is 2.39. The van der Waals surface area contributed by atoms with Gasteiger partial charge < -0.3 is 20.5 Å². The third-order valence-electron chi connectivity index (χ3n) is 3.62. The van der Waals surface area contributed by atoms with Crippen molar-refractivity contribution in [1.82, 2.24) is 10.6 Å². The molecule has 0 bridgehead atoms. The Morgan fingerprint density at radius 2 is 1.56 bits per heavy atom. The summed E-state index contributed by atoms with van der Waals surface area (Å²) in [7, 11) is 0. The van der Waals surface area contributed by atoms with Gasteiger partial charge in [0.15, 0.2) is 0 Å². The van der Waals surface area contributed by atoms with Crippen molar-refractivity contribution < 1.29 is 19.4 Å². The van der Waals surface area contributed by atoms with Gasteiger partial charge in [0.25, 0.3) is 0 Å². The van der Waals surface area contributed by atoms with Crippen molar-refractivity contribution in [2.75, 3.05) is 6.54 Å². The van der Waals surface area contributed by atoms with Gasteiger partial charge in [0, 0.05) is 12.5 Å². The van der Waals surface area contributed by atoms with Gasteiger partial charge in [0.1, 0.15) is 5.60 Å². The first-order chi connectivity index (χ1) is 11.3. The van der Waals surface area contributed by atoms with E-state index in [4.69, 9.17) is 4.74 Å². The topological polar surface area (TPSA) is 87.7 Å². The summed E-state index contributed by atoms with van der Waals surface area (Å²) in [6.45, 7) is 15.9. The molecule has 0 unspecified atom stereocenters. The second-order valence-corrected chi connectivity index (χ2v) is 8.73. The van der Waals surface area contributed by atoms with Gasteiger partial charge in [-0.25, -0.2) is 4.79 Å². The molecule has 148 valence electrons. The minimum Gasteiger partial charge on any atom is -0.444 e. The summed E-state index contributed by atoms with van der Waals surface area (Å²) in [5, 5.41) is 16.2. The minimum absolute atomic E-state index is 0.0756. The van der Waals surface area contributed by atoms with Crippen LogP contribution < -0.4 is 10.6 Å². The number of carbonyl (C=O) groups excluding carboxylic acids is 2. The second-order valence-electron chi connectivity index (χ2n) is 8.73. The molecule has 0 aliphatic carbocycles. The van der Waals surface area contributed by atoms with Gasteiger partial charge in [0.2, 0.25) is 5.91 Å². The Morgan fingerprint density at radius 3 is 2.00 bits per heavy atom. The molecule has 0 aliphatic rings. The lowest BCUT2D eigenvalue weighted by Crippen LogP contribution is -2.47. The molecule has 0 aromatic rings. The van der Waals surface area contributed by atoms with Gasteiger partial charge in [-0.1, -0.05) is 34.6 Å². The first kappa shape index (κ1) is 23.7. The molecule has 0 fully saturated rings. The maximum atomic E-state index is 12.1. The Labute approximate surface area is 153 Å². The molecule has 0 aliphatic heterocycles. The van der Waals surface area contributed by atoms with Gasteiger partial charge in [-0.15, -0.1) is 0 Å². The van der Waals surface area contributed by atoms with Crippen LogP contribution in [0.2, 0.25) is 0 Å². The third kappa shape index (κ3) is 11.8. The molecule has 0 heterocycles. The predicted octanol–water partition coefficient (Wildman–Crippen LogP) is 3.09. The van der Waals surface area contributed by atoms with Crippen molar-refractivity contribution in [3.8, 4) is 0 Å². The lowest BCUT2D eigenvalue weighted by molar-refractivity contribution is -0.125. The van der Waals surface area contributed by atoms with E-state index in [1.165, 1.54) is 0 Å². The number of amides is 2. The Kier molecular flexibility index (Phi) is 10.1. The zero-order chi connectivity index (χ0) is 19.8. The molecule has 0 radical (unpaired) electrons. The van der Waals surface area contributed by atoms with Crippen LogP contribution >= 0.6 is 0 Å². The maximum Gasteiger partial charge on any atom is 0.407 e. The normalized spacial score (nSPS) is 15.6. The van der Waals surface area contributed by atoms with Crippen molar-refractivity contribution in [3.63, 3.8) is 0 Å². The molecule has 3 atom stereocenters. The molecule has 0 aromatic heterocycles. The van der Waals surface area contributed by atoms with Crippen LogP contribution in [0.15, 0.2) is 0 Å². The summed E-state index contributed by atoms with van der Waals surface area (Å²) >= 11 is 0. The Hall–Kier alpha value is -1.30. The first-order valence-corrected chi connectivity index (χ1v) is 9.27. The maximum absolute atomic E-state index is 12.1. The number of ether oxygens (including phenoxy) is 1. The largest absolute Gasteiger partial charge is 0.444 e. The van der Waals surface area contributed by atoms with Crippen LogP contribution in [0.4, 0.5) is 4.79 Å².